The molecule has 1 aliphatic rings. The van der Waals surface area contributed by atoms with Crippen molar-refractivity contribution in [2.24, 2.45) is 0 Å². The molecular weight excluding hydrogens is 152 g/mol. The number of nitrogens with zero attached hydrogens (tertiary/aromatic N) is 1. The summed E-state index contributed by atoms with van der Waals surface area (Å²) >= 11 is 0. The Kier molecular flexibility index (Phi) is 2.54. The van der Waals surface area contributed by atoms with Crippen LogP contribution in [0.4, 0.5) is 8.78 Å². The molecule has 0 aromatic carbocycles. The van der Waals surface area contributed by atoms with Crippen LogP contribution in [-0.4, -0.2) is 36.7 Å². The molecule has 0 amide bonds. The average molecular weight is 163 g/mol. The summed E-state index contributed by atoms with van der Waals surface area (Å²) in [6.07, 6.45) is 1.12. The van der Waals surface area contributed by atoms with Crippen LogP contribution in [-0.2, 0) is 4.79 Å². The fraction of sp³-hybridized carbons (Fsp3) is 0.857. The Morgan fingerprint density at radius 3 is 2.82 bits per heavy atom. The van der Waals surface area contributed by atoms with Crippen molar-refractivity contribution in [2.75, 3.05) is 19.6 Å². The van der Waals surface area contributed by atoms with E-state index in [0.717, 1.165) is 0 Å². The maximum Gasteiger partial charge on any atom is 0.260 e. The second-order valence-corrected chi connectivity index (χ2v) is 2.86. The summed E-state index contributed by atoms with van der Waals surface area (Å²) in [5, 5.41) is 0. The topological polar surface area (TPSA) is 20.3 Å². The van der Waals surface area contributed by atoms with Gasteiger partial charge in [0.05, 0.1) is 13.1 Å². The molecule has 1 saturated heterocycles. The molecule has 64 valence electrons. The number of rotatable bonds is 2. The second-order valence-electron chi connectivity index (χ2n) is 2.86. The molecule has 0 aliphatic carbocycles. The summed E-state index contributed by atoms with van der Waals surface area (Å²) in [4.78, 5) is 11.5. The zero-order valence-electron chi connectivity index (χ0n) is 6.22. The Morgan fingerprint density at radius 2 is 2.27 bits per heavy atom. The summed E-state index contributed by atoms with van der Waals surface area (Å²) in [6, 6.07) is 0. The second kappa shape index (κ2) is 3.26. The third-order valence-electron chi connectivity index (χ3n) is 1.80. The molecule has 0 aromatic heterocycles. The van der Waals surface area contributed by atoms with Gasteiger partial charge in [-0.15, -0.1) is 0 Å². The lowest BCUT2D eigenvalue weighted by molar-refractivity contribution is -0.112. The Hall–Kier alpha value is -0.510. The van der Waals surface area contributed by atoms with Gasteiger partial charge in [0.2, 0.25) is 0 Å². The quantitative estimate of drug-likeness (QED) is 0.564. The Morgan fingerprint density at radius 1 is 1.55 bits per heavy atom. The first-order valence-corrected chi connectivity index (χ1v) is 3.68. The molecule has 0 atom stereocenters. The molecule has 0 radical (unpaired) electrons. The molecule has 0 unspecified atom stereocenters. The molecule has 1 aliphatic heterocycles. The van der Waals surface area contributed by atoms with Crippen molar-refractivity contribution >= 4 is 6.29 Å². The lowest BCUT2D eigenvalue weighted by Crippen LogP contribution is -2.43. The minimum atomic E-state index is -2.58. The van der Waals surface area contributed by atoms with Crippen molar-refractivity contribution < 1.29 is 13.6 Å². The van der Waals surface area contributed by atoms with Gasteiger partial charge in [0.1, 0.15) is 6.29 Å². The van der Waals surface area contributed by atoms with Crippen LogP contribution < -0.4 is 0 Å². The molecule has 11 heavy (non-hydrogen) atoms. The maximum absolute atomic E-state index is 12.6. The van der Waals surface area contributed by atoms with Gasteiger partial charge >= 0.3 is 0 Å². The van der Waals surface area contributed by atoms with E-state index in [1.54, 1.807) is 0 Å². The summed E-state index contributed by atoms with van der Waals surface area (Å²) in [5.41, 5.74) is 0. The predicted octanol–water partition coefficient (Wildman–Crippen LogP) is 0.916. The van der Waals surface area contributed by atoms with Crippen molar-refractivity contribution in [3.8, 4) is 0 Å². The highest BCUT2D eigenvalue weighted by molar-refractivity contribution is 5.52. The smallest absolute Gasteiger partial charge is 0.260 e. The van der Waals surface area contributed by atoms with Crippen LogP contribution in [0.3, 0.4) is 0 Å². The van der Waals surface area contributed by atoms with Gasteiger partial charge in [-0.05, 0) is 13.0 Å². The van der Waals surface area contributed by atoms with Crippen molar-refractivity contribution in [3.05, 3.63) is 0 Å². The number of halogens is 2. The molecule has 4 heteroatoms. The van der Waals surface area contributed by atoms with E-state index < -0.39 is 5.92 Å². The van der Waals surface area contributed by atoms with Gasteiger partial charge < -0.3 is 4.79 Å². The molecule has 0 N–H and O–H groups in total. The minimum Gasteiger partial charge on any atom is -0.302 e. The van der Waals surface area contributed by atoms with E-state index in [4.69, 9.17) is 0 Å². The Bertz CT molecular complexity index is 149. The highest BCUT2D eigenvalue weighted by Gasteiger charge is 2.34. The Labute approximate surface area is 64.2 Å². The number of carbonyl (C=O) groups is 1. The molecule has 0 aromatic rings. The molecular formula is C7H11F2NO. The average Bonchev–Trinajstić information content (AvgIpc) is 1.85. The fourth-order valence-electron chi connectivity index (χ4n) is 1.31. The first-order chi connectivity index (χ1) is 5.14. The SMILES string of the molecule is O=CCN1CCCC(F)(F)C1. The van der Waals surface area contributed by atoms with Gasteiger partial charge in [-0.3, -0.25) is 4.90 Å². The summed E-state index contributed by atoms with van der Waals surface area (Å²) in [5.74, 6) is -2.58. The summed E-state index contributed by atoms with van der Waals surface area (Å²) in [7, 11) is 0. The first kappa shape index (κ1) is 8.59. The van der Waals surface area contributed by atoms with Gasteiger partial charge in [-0.1, -0.05) is 0 Å². The van der Waals surface area contributed by atoms with E-state index in [-0.39, 0.29) is 19.5 Å². The van der Waals surface area contributed by atoms with E-state index in [1.165, 1.54) is 4.90 Å². The van der Waals surface area contributed by atoms with Gasteiger partial charge in [0, 0.05) is 6.42 Å². The predicted molar refractivity (Wildman–Crippen MR) is 36.7 cm³/mol. The Balaban J connectivity index is 2.39. The number of likely N-dealkylation sites (tertiary alicyclic amines) is 1. The minimum absolute atomic E-state index is 0.0393. The fourth-order valence-corrected chi connectivity index (χ4v) is 1.31. The van der Waals surface area contributed by atoms with Crippen LogP contribution in [0.15, 0.2) is 0 Å². The van der Waals surface area contributed by atoms with Crippen LogP contribution in [0.5, 0.6) is 0 Å². The third-order valence-corrected chi connectivity index (χ3v) is 1.80. The van der Waals surface area contributed by atoms with E-state index in [0.29, 0.717) is 19.3 Å². The van der Waals surface area contributed by atoms with Crippen LogP contribution >= 0.6 is 0 Å². The van der Waals surface area contributed by atoms with Crippen molar-refractivity contribution in [1.82, 2.24) is 4.90 Å². The summed E-state index contributed by atoms with van der Waals surface area (Å²) < 4.78 is 25.2. The van der Waals surface area contributed by atoms with Crippen molar-refractivity contribution in [2.45, 2.75) is 18.8 Å². The number of aldehydes is 1. The lowest BCUT2D eigenvalue weighted by Gasteiger charge is -2.30. The van der Waals surface area contributed by atoms with E-state index in [2.05, 4.69) is 0 Å². The number of piperidine rings is 1. The van der Waals surface area contributed by atoms with Crippen molar-refractivity contribution in [3.63, 3.8) is 0 Å². The van der Waals surface area contributed by atoms with Crippen LogP contribution in [0.2, 0.25) is 0 Å². The molecule has 0 bridgehead atoms. The number of carbonyl (C=O) groups excluding carboxylic acids is 1. The van der Waals surface area contributed by atoms with E-state index in [1.807, 2.05) is 0 Å². The first-order valence-electron chi connectivity index (χ1n) is 3.68. The number of hydrogen-bond donors (Lipinski definition) is 0. The zero-order chi connectivity index (χ0) is 8.32. The molecule has 1 heterocycles. The highest BCUT2D eigenvalue weighted by atomic mass is 19.3. The zero-order valence-corrected chi connectivity index (χ0v) is 6.22. The largest absolute Gasteiger partial charge is 0.302 e. The monoisotopic (exact) mass is 163 g/mol. The standard InChI is InChI=1S/C7H11F2NO/c8-7(9)2-1-3-10(6-7)4-5-11/h5H,1-4,6H2. The van der Waals surface area contributed by atoms with Crippen LogP contribution in [0.25, 0.3) is 0 Å². The van der Waals surface area contributed by atoms with E-state index in [9.17, 15) is 13.6 Å². The number of alkyl halides is 2. The lowest BCUT2D eigenvalue weighted by atomic mass is 10.1. The van der Waals surface area contributed by atoms with E-state index >= 15 is 0 Å². The highest BCUT2D eigenvalue weighted by Crippen LogP contribution is 2.25. The van der Waals surface area contributed by atoms with Gasteiger partial charge in [0.25, 0.3) is 5.92 Å². The molecule has 0 spiro atoms. The molecule has 1 rings (SSSR count). The third kappa shape index (κ3) is 2.54. The normalized spacial score (nSPS) is 24.9. The summed E-state index contributed by atoms with van der Waals surface area (Å²) in [6.45, 7) is 0.496. The molecule has 1 fully saturated rings. The maximum atomic E-state index is 12.6. The van der Waals surface area contributed by atoms with Gasteiger partial charge in [-0.2, -0.15) is 0 Å². The van der Waals surface area contributed by atoms with Crippen LogP contribution in [0.1, 0.15) is 12.8 Å². The molecule has 2 nitrogen and oxygen atoms in total. The van der Waals surface area contributed by atoms with Crippen LogP contribution in [0, 0.1) is 0 Å². The van der Waals surface area contributed by atoms with Gasteiger partial charge in [-0.25, -0.2) is 8.78 Å². The number of hydrogen-bond acceptors (Lipinski definition) is 2. The van der Waals surface area contributed by atoms with Crippen molar-refractivity contribution in [1.29, 1.82) is 0 Å². The molecule has 0 saturated carbocycles. The van der Waals surface area contributed by atoms with Gasteiger partial charge in [0.15, 0.2) is 0 Å².